The summed E-state index contributed by atoms with van der Waals surface area (Å²) in [7, 11) is 0. The zero-order valence-corrected chi connectivity index (χ0v) is 11.5. The zero-order valence-electron chi connectivity index (χ0n) is 11.5. The third kappa shape index (κ3) is 3.84. The lowest BCUT2D eigenvalue weighted by Gasteiger charge is -2.31. The molecule has 0 amide bonds. The summed E-state index contributed by atoms with van der Waals surface area (Å²) in [6.07, 6.45) is 0.990. The molecule has 3 nitrogen and oxygen atoms in total. The molecule has 0 heterocycles. The largest absolute Gasteiger partial charge is 0.481 e. The minimum absolute atomic E-state index is 0.304. The Hall–Kier alpha value is -1.35. The number of rotatable bonds is 7. The standard InChI is InChI=1S/C15H23NO2/c1-4-14(13-9-7-6-8-10-13)16(5-2)11-12(3)15(17)18/h6-10,12,14H,4-5,11H2,1-3H3,(H,17,18). The van der Waals surface area contributed by atoms with Gasteiger partial charge in [0.05, 0.1) is 5.92 Å². The van der Waals surface area contributed by atoms with Gasteiger partial charge in [-0.3, -0.25) is 9.69 Å². The predicted molar refractivity (Wildman–Crippen MR) is 73.5 cm³/mol. The molecule has 0 spiro atoms. The smallest absolute Gasteiger partial charge is 0.307 e. The molecule has 0 saturated heterocycles. The molecule has 1 aromatic carbocycles. The van der Waals surface area contributed by atoms with Gasteiger partial charge in [-0.05, 0) is 18.5 Å². The lowest BCUT2D eigenvalue weighted by atomic mass is 10.0. The first kappa shape index (κ1) is 14.7. The van der Waals surface area contributed by atoms with Crippen molar-refractivity contribution in [1.29, 1.82) is 0 Å². The van der Waals surface area contributed by atoms with Gasteiger partial charge in [-0.25, -0.2) is 0 Å². The van der Waals surface area contributed by atoms with E-state index in [2.05, 4.69) is 30.9 Å². The van der Waals surface area contributed by atoms with Gasteiger partial charge in [0.25, 0.3) is 0 Å². The van der Waals surface area contributed by atoms with E-state index < -0.39 is 5.97 Å². The summed E-state index contributed by atoms with van der Waals surface area (Å²) in [4.78, 5) is 13.2. The third-order valence-corrected chi connectivity index (χ3v) is 3.35. The molecule has 1 N–H and O–H groups in total. The number of benzene rings is 1. The minimum Gasteiger partial charge on any atom is -0.481 e. The van der Waals surface area contributed by atoms with Crippen LogP contribution in [0.15, 0.2) is 30.3 Å². The molecule has 0 aliphatic heterocycles. The second-order valence-corrected chi connectivity index (χ2v) is 4.66. The topological polar surface area (TPSA) is 40.5 Å². The van der Waals surface area contributed by atoms with Crippen LogP contribution in [0, 0.1) is 5.92 Å². The van der Waals surface area contributed by atoms with Crippen LogP contribution in [0.25, 0.3) is 0 Å². The van der Waals surface area contributed by atoms with Crippen LogP contribution in [0.3, 0.4) is 0 Å². The summed E-state index contributed by atoms with van der Waals surface area (Å²) in [5.74, 6) is -1.06. The normalized spacial score (nSPS) is 14.4. The van der Waals surface area contributed by atoms with Crippen LogP contribution in [-0.4, -0.2) is 29.1 Å². The Morgan fingerprint density at radius 2 is 1.89 bits per heavy atom. The van der Waals surface area contributed by atoms with Crippen LogP contribution in [-0.2, 0) is 4.79 Å². The Bertz CT molecular complexity index is 364. The summed E-state index contributed by atoms with van der Waals surface area (Å²) in [6.45, 7) is 7.46. The molecular formula is C15H23NO2. The molecule has 0 aliphatic carbocycles. The van der Waals surface area contributed by atoms with Crippen molar-refractivity contribution in [3.05, 3.63) is 35.9 Å². The summed E-state index contributed by atoms with van der Waals surface area (Å²) in [6, 6.07) is 10.6. The molecule has 2 unspecified atom stereocenters. The predicted octanol–water partition coefficient (Wildman–Crippen LogP) is 3.18. The van der Waals surface area contributed by atoms with Crippen molar-refractivity contribution in [2.24, 2.45) is 5.92 Å². The van der Waals surface area contributed by atoms with E-state index in [0.29, 0.717) is 12.6 Å². The van der Waals surface area contributed by atoms with Gasteiger partial charge in [0.15, 0.2) is 0 Å². The van der Waals surface area contributed by atoms with E-state index in [9.17, 15) is 4.79 Å². The fourth-order valence-corrected chi connectivity index (χ4v) is 2.29. The van der Waals surface area contributed by atoms with E-state index in [4.69, 9.17) is 5.11 Å². The van der Waals surface area contributed by atoms with Gasteiger partial charge in [-0.2, -0.15) is 0 Å². The summed E-state index contributed by atoms with van der Waals surface area (Å²) in [5, 5.41) is 9.02. The van der Waals surface area contributed by atoms with E-state index in [1.54, 1.807) is 6.92 Å². The maximum atomic E-state index is 11.0. The molecule has 100 valence electrons. The lowest BCUT2D eigenvalue weighted by Crippen LogP contribution is -2.34. The molecule has 1 rings (SSSR count). The Morgan fingerprint density at radius 1 is 1.28 bits per heavy atom. The van der Waals surface area contributed by atoms with Crippen molar-refractivity contribution >= 4 is 5.97 Å². The number of nitrogens with zero attached hydrogens (tertiary/aromatic N) is 1. The van der Waals surface area contributed by atoms with Crippen LogP contribution in [0.4, 0.5) is 0 Å². The fourth-order valence-electron chi connectivity index (χ4n) is 2.29. The van der Waals surface area contributed by atoms with Crippen LogP contribution in [0.5, 0.6) is 0 Å². The second-order valence-electron chi connectivity index (χ2n) is 4.66. The number of hydrogen-bond acceptors (Lipinski definition) is 2. The number of hydrogen-bond donors (Lipinski definition) is 1. The quantitative estimate of drug-likeness (QED) is 0.807. The molecule has 0 bridgehead atoms. The molecule has 0 saturated carbocycles. The molecule has 0 radical (unpaired) electrons. The van der Waals surface area contributed by atoms with E-state index >= 15 is 0 Å². The van der Waals surface area contributed by atoms with Crippen LogP contribution >= 0.6 is 0 Å². The summed E-state index contributed by atoms with van der Waals surface area (Å²) < 4.78 is 0. The Kier molecular flexibility index (Phi) is 5.86. The molecule has 1 aromatic rings. The zero-order chi connectivity index (χ0) is 13.5. The molecule has 0 fully saturated rings. The van der Waals surface area contributed by atoms with Crippen molar-refractivity contribution in [3.63, 3.8) is 0 Å². The number of carboxylic acid groups (broad SMARTS) is 1. The van der Waals surface area contributed by atoms with E-state index in [1.807, 2.05) is 18.2 Å². The number of carbonyl (C=O) groups is 1. The van der Waals surface area contributed by atoms with Crippen molar-refractivity contribution in [3.8, 4) is 0 Å². The maximum absolute atomic E-state index is 11.0. The van der Waals surface area contributed by atoms with Gasteiger partial charge in [-0.15, -0.1) is 0 Å². The highest BCUT2D eigenvalue weighted by Gasteiger charge is 2.21. The van der Waals surface area contributed by atoms with Gasteiger partial charge in [0.2, 0.25) is 0 Å². The maximum Gasteiger partial charge on any atom is 0.307 e. The van der Waals surface area contributed by atoms with E-state index in [1.165, 1.54) is 5.56 Å². The molecule has 3 heteroatoms. The van der Waals surface area contributed by atoms with Crippen LogP contribution in [0.1, 0.15) is 38.8 Å². The third-order valence-electron chi connectivity index (χ3n) is 3.35. The first-order valence-electron chi connectivity index (χ1n) is 6.61. The Labute approximate surface area is 109 Å². The Balaban J connectivity index is 2.81. The van der Waals surface area contributed by atoms with Crippen molar-refractivity contribution in [2.75, 3.05) is 13.1 Å². The summed E-state index contributed by atoms with van der Waals surface area (Å²) in [5.41, 5.74) is 1.26. The average molecular weight is 249 g/mol. The van der Waals surface area contributed by atoms with Gasteiger partial charge in [0.1, 0.15) is 0 Å². The lowest BCUT2D eigenvalue weighted by molar-refractivity contribution is -0.141. The SMILES string of the molecule is CCC(c1ccccc1)N(CC)CC(C)C(=O)O. The minimum atomic E-state index is -0.726. The highest BCUT2D eigenvalue weighted by molar-refractivity contribution is 5.69. The molecule has 0 aliphatic rings. The van der Waals surface area contributed by atoms with Gasteiger partial charge in [-0.1, -0.05) is 51.1 Å². The average Bonchev–Trinajstić information content (AvgIpc) is 2.39. The monoisotopic (exact) mass is 249 g/mol. The van der Waals surface area contributed by atoms with Crippen LogP contribution < -0.4 is 0 Å². The number of carboxylic acids is 1. The fraction of sp³-hybridized carbons (Fsp3) is 0.533. The van der Waals surface area contributed by atoms with E-state index in [-0.39, 0.29) is 5.92 Å². The second kappa shape index (κ2) is 7.17. The highest BCUT2D eigenvalue weighted by atomic mass is 16.4. The van der Waals surface area contributed by atoms with Gasteiger partial charge >= 0.3 is 5.97 Å². The van der Waals surface area contributed by atoms with Crippen molar-refractivity contribution in [1.82, 2.24) is 4.90 Å². The van der Waals surface area contributed by atoms with Crippen LogP contribution in [0.2, 0.25) is 0 Å². The first-order chi connectivity index (χ1) is 8.60. The molecular weight excluding hydrogens is 226 g/mol. The van der Waals surface area contributed by atoms with Gasteiger partial charge < -0.3 is 5.11 Å². The first-order valence-corrected chi connectivity index (χ1v) is 6.61. The number of aliphatic carboxylic acids is 1. The molecule has 0 aromatic heterocycles. The molecule has 18 heavy (non-hydrogen) atoms. The van der Waals surface area contributed by atoms with Gasteiger partial charge in [0, 0.05) is 12.6 Å². The highest BCUT2D eigenvalue weighted by Crippen LogP contribution is 2.24. The molecule has 2 atom stereocenters. The van der Waals surface area contributed by atoms with Crippen molar-refractivity contribution < 1.29 is 9.90 Å². The van der Waals surface area contributed by atoms with E-state index in [0.717, 1.165) is 13.0 Å². The summed E-state index contributed by atoms with van der Waals surface area (Å²) >= 11 is 0. The van der Waals surface area contributed by atoms with Crippen molar-refractivity contribution in [2.45, 2.75) is 33.2 Å². The Morgan fingerprint density at radius 3 is 2.33 bits per heavy atom.